The first-order valence-corrected chi connectivity index (χ1v) is 8.36. The van der Waals surface area contributed by atoms with Crippen LogP contribution in [0.25, 0.3) is 17.1 Å². The molecule has 3 aromatic heterocycles. The monoisotopic (exact) mass is 349 g/mol. The minimum absolute atomic E-state index is 0.308. The normalized spacial score (nSPS) is 11.4. The minimum Gasteiger partial charge on any atom is -0.220 e. The maximum Gasteiger partial charge on any atom is 0.0857 e. The molecule has 26 heavy (non-hydrogen) atoms. The van der Waals surface area contributed by atoms with Gasteiger partial charge in [0, 0.05) is 0 Å². The first-order chi connectivity index (χ1) is 12.5. The number of hydrogen-bond donors (Lipinski definition) is 0. The van der Waals surface area contributed by atoms with E-state index in [1.54, 1.807) is 14.0 Å². The van der Waals surface area contributed by atoms with E-state index in [0.29, 0.717) is 5.92 Å². The molecule has 4 rings (SSSR count). The van der Waals surface area contributed by atoms with Crippen LogP contribution in [0.3, 0.4) is 0 Å². The fourth-order valence-corrected chi connectivity index (χ4v) is 2.59. The fraction of sp³-hybridized carbons (Fsp3) is 0.294. The van der Waals surface area contributed by atoms with Crippen LogP contribution in [0.4, 0.5) is 0 Å². The van der Waals surface area contributed by atoms with Crippen LogP contribution in [-0.4, -0.2) is 45.0 Å². The zero-order valence-corrected chi connectivity index (χ0v) is 15.1. The van der Waals surface area contributed by atoms with Crippen molar-refractivity contribution >= 4 is 0 Å². The summed E-state index contributed by atoms with van der Waals surface area (Å²) in [6, 6.07) is 5.95. The number of aromatic nitrogens is 9. The molecule has 0 unspecified atom stereocenters. The van der Waals surface area contributed by atoms with E-state index in [0.717, 1.165) is 34.1 Å². The molecule has 0 amide bonds. The molecule has 0 bridgehead atoms. The SMILES string of the molecule is Cc1cn(-c2cc(-n3cc(C)nn3)cc(-n3cc(C(C)C)nn3)c2)nn1. The standard InChI is InChI=1S/C17H19N9/c1-11(2)17-10-26(23-20-17)16-6-14(24-8-12(3)18-21-24)5-15(7-16)25-9-13(4)19-22-25/h5-11H,1-4H3. The summed E-state index contributed by atoms with van der Waals surface area (Å²) in [5.41, 5.74) is 5.19. The van der Waals surface area contributed by atoms with E-state index in [9.17, 15) is 0 Å². The van der Waals surface area contributed by atoms with Crippen molar-refractivity contribution in [2.75, 3.05) is 0 Å². The Morgan fingerprint density at radius 2 is 1.08 bits per heavy atom. The van der Waals surface area contributed by atoms with E-state index in [2.05, 4.69) is 44.8 Å². The van der Waals surface area contributed by atoms with Crippen molar-refractivity contribution in [3.05, 3.63) is 53.9 Å². The quantitative estimate of drug-likeness (QED) is 0.561. The van der Waals surface area contributed by atoms with Crippen molar-refractivity contribution in [2.45, 2.75) is 33.6 Å². The summed E-state index contributed by atoms with van der Waals surface area (Å²) < 4.78 is 5.22. The number of hydrogen-bond acceptors (Lipinski definition) is 6. The third-order valence-corrected chi connectivity index (χ3v) is 4.00. The fourth-order valence-electron chi connectivity index (χ4n) is 2.59. The Morgan fingerprint density at radius 3 is 1.42 bits per heavy atom. The zero-order valence-electron chi connectivity index (χ0n) is 15.1. The Balaban J connectivity index is 1.86. The third-order valence-electron chi connectivity index (χ3n) is 4.00. The molecule has 0 aliphatic heterocycles. The molecule has 0 aliphatic rings. The van der Waals surface area contributed by atoms with Crippen molar-refractivity contribution in [3.63, 3.8) is 0 Å². The minimum atomic E-state index is 0.308. The summed E-state index contributed by atoms with van der Waals surface area (Å²) in [5.74, 6) is 0.308. The molecule has 0 aliphatic carbocycles. The number of rotatable bonds is 4. The van der Waals surface area contributed by atoms with E-state index >= 15 is 0 Å². The molecule has 0 radical (unpaired) electrons. The molecule has 4 aromatic rings. The lowest BCUT2D eigenvalue weighted by molar-refractivity contribution is 0.762. The Labute approximate surface area is 150 Å². The van der Waals surface area contributed by atoms with E-state index < -0.39 is 0 Å². The maximum absolute atomic E-state index is 4.26. The molecule has 0 N–H and O–H groups in total. The Morgan fingerprint density at radius 1 is 0.654 bits per heavy atom. The van der Waals surface area contributed by atoms with Gasteiger partial charge in [0.1, 0.15) is 0 Å². The maximum atomic E-state index is 4.26. The van der Waals surface area contributed by atoms with E-state index in [1.165, 1.54) is 0 Å². The lowest BCUT2D eigenvalue weighted by Crippen LogP contribution is -2.04. The molecular formula is C17H19N9. The van der Waals surface area contributed by atoms with Crippen molar-refractivity contribution in [2.24, 2.45) is 0 Å². The Bertz CT molecular complexity index is 995. The summed E-state index contributed by atoms with van der Waals surface area (Å²) in [6.07, 6.45) is 5.68. The second kappa shape index (κ2) is 6.17. The van der Waals surface area contributed by atoms with Gasteiger partial charge in [0.2, 0.25) is 0 Å². The van der Waals surface area contributed by atoms with Gasteiger partial charge in [0.05, 0.1) is 52.7 Å². The number of nitrogens with zero attached hydrogens (tertiary/aromatic N) is 9. The van der Waals surface area contributed by atoms with Gasteiger partial charge in [-0.2, -0.15) is 0 Å². The molecule has 0 spiro atoms. The summed E-state index contributed by atoms with van der Waals surface area (Å²) in [4.78, 5) is 0. The van der Waals surface area contributed by atoms with Gasteiger partial charge in [-0.05, 0) is 38.0 Å². The van der Waals surface area contributed by atoms with Crippen LogP contribution < -0.4 is 0 Å². The zero-order chi connectivity index (χ0) is 18.3. The second-order valence-electron chi connectivity index (χ2n) is 6.56. The van der Waals surface area contributed by atoms with E-state index in [-0.39, 0.29) is 0 Å². The lowest BCUT2D eigenvalue weighted by Gasteiger charge is -2.09. The van der Waals surface area contributed by atoms with Crippen molar-refractivity contribution < 1.29 is 0 Å². The van der Waals surface area contributed by atoms with Gasteiger partial charge in [-0.15, -0.1) is 15.3 Å². The van der Waals surface area contributed by atoms with Crippen molar-refractivity contribution in [3.8, 4) is 17.1 Å². The predicted molar refractivity (Wildman–Crippen MR) is 94.8 cm³/mol. The van der Waals surface area contributed by atoms with Crippen LogP contribution in [0, 0.1) is 13.8 Å². The highest BCUT2D eigenvalue weighted by Crippen LogP contribution is 2.21. The van der Waals surface area contributed by atoms with Gasteiger partial charge in [0.15, 0.2) is 0 Å². The van der Waals surface area contributed by atoms with E-state index in [4.69, 9.17) is 0 Å². The first kappa shape index (κ1) is 16.1. The lowest BCUT2D eigenvalue weighted by atomic mass is 10.1. The summed E-state index contributed by atoms with van der Waals surface area (Å²) in [5, 5.41) is 25.0. The van der Waals surface area contributed by atoms with Gasteiger partial charge >= 0.3 is 0 Å². The van der Waals surface area contributed by atoms with Crippen LogP contribution in [0.1, 0.15) is 36.8 Å². The molecule has 9 heteroatoms. The molecule has 0 saturated heterocycles. The molecule has 0 fully saturated rings. The molecule has 1 aromatic carbocycles. The molecule has 132 valence electrons. The topological polar surface area (TPSA) is 92.1 Å². The number of benzene rings is 1. The van der Waals surface area contributed by atoms with Gasteiger partial charge in [-0.25, -0.2) is 14.0 Å². The first-order valence-electron chi connectivity index (χ1n) is 8.36. The third kappa shape index (κ3) is 2.99. The van der Waals surface area contributed by atoms with Crippen LogP contribution in [0.15, 0.2) is 36.8 Å². The van der Waals surface area contributed by atoms with Crippen LogP contribution >= 0.6 is 0 Å². The average molecular weight is 349 g/mol. The van der Waals surface area contributed by atoms with Crippen LogP contribution in [-0.2, 0) is 0 Å². The van der Waals surface area contributed by atoms with E-state index in [1.807, 2.05) is 50.6 Å². The molecule has 0 atom stereocenters. The van der Waals surface area contributed by atoms with Gasteiger partial charge in [0.25, 0.3) is 0 Å². The largest absolute Gasteiger partial charge is 0.220 e. The second-order valence-corrected chi connectivity index (χ2v) is 6.56. The highest BCUT2D eigenvalue weighted by Gasteiger charge is 2.11. The summed E-state index contributed by atoms with van der Waals surface area (Å²) >= 11 is 0. The summed E-state index contributed by atoms with van der Waals surface area (Å²) in [6.45, 7) is 7.99. The van der Waals surface area contributed by atoms with Crippen molar-refractivity contribution in [1.29, 1.82) is 0 Å². The van der Waals surface area contributed by atoms with Crippen LogP contribution in [0.2, 0.25) is 0 Å². The number of aryl methyl sites for hydroxylation is 2. The van der Waals surface area contributed by atoms with Gasteiger partial charge < -0.3 is 0 Å². The smallest absolute Gasteiger partial charge is 0.0857 e. The summed E-state index contributed by atoms with van der Waals surface area (Å²) in [7, 11) is 0. The average Bonchev–Trinajstić information content (AvgIpc) is 3.34. The molecule has 3 heterocycles. The highest BCUT2D eigenvalue weighted by molar-refractivity contribution is 5.52. The molecule has 9 nitrogen and oxygen atoms in total. The van der Waals surface area contributed by atoms with Crippen molar-refractivity contribution in [1.82, 2.24) is 45.0 Å². The van der Waals surface area contributed by atoms with Crippen LogP contribution in [0.5, 0.6) is 0 Å². The molecular weight excluding hydrogens is 330 g/mol. The molecule has 0 saturated carbocycles. The highest BCUT2D eigenvalue weighted by atomic mass is 15.4. The Hall–Kier alpha value is -3.36. The van der Waals surface area contributed by atoms with Gasteiger partial charge in [-0.3, -0.25) is 0 Å². The van der Waals surface area contributed by atoms with Gasteiger partial charge in [-0.1, -0.05) is 29.5 Å². The predicted octanol–water partition coefficient (Wildman–Crippen LogP) is 2.17. The Kier molecular flexibility index (Phi) is 3.83.